The number of carbonyl (C=O) groups excluding carboxylic acids is 1. The van der Waals surface area contributed by atoms with Gasteiger partial charge >= 0.3 is 0 Å². The number of piperidine rings is 1. The molecule has 8 nitrogen and oxygen atoms in total. The summed E-state index contributed by atoms with van der Waals surface area (Å²) in [7, 11) is 0. The Labute approximate surface area is 145 Å². The SMILES string of the molecule is CC(C)c1nnsc1CNC(=O)c1cn(C[C@H]2CCCNC2)nn1. The van der Waals surface area contributed by atoms with Crippen LogP contribution in [0.25, 0.3) is 0 Å². The Morgan fingerprint density at radius 1 is 1.50 bits per heavy atom. The monoisotopic (exact) mass is 349 g/mol. The van der Waals surface area contributed by atoms with E-state index in [1.807, 2.05) is 0 Å². The lowest BCUT2D eigenvalue weighted by Crippen LogP contribution is -2.32. The highest BCUT2D eigenvalue weighted by Crippen LogP contribution is 2.19. The van der Waals surface area contributed by atoms with Crippen LogP contribution in [0.15, 0.2) is 6.20 Å². The molecule has 2 aromatic heterocycles. The molecule has 0 aliphatic carbocycles. The zero-order valence-corrected chi connectivity index (χ0v) is 14.8. The van der Waals surface area contributed by atoms with Gasteiger partial charge in [0.05, 0.1) is 23.3 Å². The first-order valence-electron chi connectivity index (χ1n) is 8.33. The fourth-order valence-electron chi connectivity index (χ4n) is 2.86. The number of hydrogen-bond acceptors (Lipinski definition) is 7. The first-order chi connectivity index (χ1) is 11.6. The second kappa shape index (κ2) is 7.80. The standard InChI is InChI=1S/C15H23N7OS/c1-10(2)14-13(24-21-19-14)7-17-15(23)12-9-22(20-18-12)8-11-4-3-5-16-6-11/h9-11,16H,3-8H2,1-2H3,(H,17,23)/t11-/m0/s1. The van der Waals surface area contributed by atoms with Crippen LogP contribution in [0.2, 0.25) is 0 Å². The van der Waals surface area contributed by atoms with Crippen LogP contribution in [0.4, 0.5) is 0 Å². The molecule has 0 radical (unpaired) electrons. The topological polar surface area (TPSA) is 97.6 Å². The summed E-state index contributed by atoms with van der Waals surface area (Å²) in [5, 5.41) is 18.4. The molecule has 1 fully saturated rings. The predicted octanol–water partition coefficient (Wildman–Crippen LogP) is 1.18. The number of nitrogens with one attached hydrogen (secondary N) is 2. The molecule has 1 atom stereocenters. The van der Waals surface area contributed by atoms with Crippen LogP contribution < -0.4 is 10.6 Å². The lowest BCUT2D eigenvalue weighted by Gasteiger charge is -2.22. The van der Waals surface area contributed by atoms with Crippen molar-refractivity contribution in [3.05, 3.63) is 22.5 Å². The van der Waals surface area contributed by atoms with Gasteiger partial charge in [0.15, 0.2) is 5.69 Å². The summed E-state index contributed by atoms with van der Waals surface area (Å²) < 4.78 is 5.73. The first-order valence-corrected chi connectivity index (χ1v) is 9.11. The predicted molar refractivity (Wildman–Crippen MR) is 90.8 cm³/mol. The van der Waals surface area contributed by atoms with Crippen molar-refractivity contribution >= 4 is 17.4 Å². The summed E-state index contributed by atoms with van der Waals surface area (Å²) in [5.41, 5.74) is 1.29. The molecule has 2 N–H and O–H groups in total. The van der Waals surface area contributed by atoms with E-state index in [-0.39, 0.29) is 5.91 Å². The molecule has 1 aliphatic rings. The summed E-state index contributed by atoms with van der Waals surface area (Å²) in [6.45, 7) is 7.43. The number of nitrogens with zero attached hydrogens (tertiary/aromatic N) is 5. The first kappa shape index (κ1) is 17.0. The molecular formula is C15H23N7OS. The fourth-order valence-corrected chi connectivity index (χ4v) is 3.60. The number of hydrogen-bond donors (Lipinski definition) is 2. The maximum Gasteiger partial charge on any atom is 0.273 e. The molecule has 0 unspecified atom stereocenters. The van der Waals surface area contributed by atoms with Crippen LogP contribution in [0, 0.1) is 5.92 Å². The van der Waals surface area contributed by atoms with Crippen LogP contribution in [0.5, 0.6) is 0 Å². The largest absolute Gasteiger partial charge is 0.346 e. The maximum atomic E-state index is 12.3. The van der Waals surface area contributed by atoms with E-state index in [9.17, 15) is 4.79 Å². The highest BCUT2D eigenvalue weighted by molar-refractivity contribution is 7.05. The van der Waals surface area contributed by atoms with Gasteiger partial charge in [-0.1, -0.05) is 23.5 Å². The Bertz CT molecular complexity index is 675. The second-order valence-electron chi connectivity index (χ2n) is 6.46. The third kappa shape index (κ3) is 4.15. The zero-order chi connectivity index (χ0) is 16.9. The average Bonchev–Trinajstić information content (AvgIpc) is 3.23. The van der Waals surface area contributed by atoms with Gasteiger partial charge in [0.2, 0.25) is 0 Å². The van der Waals surface area contributed by atoms with Gasteiger partial charge in [-0.05, 0) is 49.3 Å². The fraction of sp³-hybridized carbons (Fsp3) is 0.667. The molecule has 0 aromatic carbocycles. The van der Waals surface area contributed by atoms with Crippen LogP contribution in [0.1, 0.15) is 53.7 Å². The van der Waals surface area contributed by atoms with E-state index in [0.29, 0.717) is 24.1 Å². The average molecular weight is 349 g/mol. The van der Waals surface area contributed by atoms with Crippen molar-refractivity contribution in [1.82, 2.24) is 35.2 Å². The normalized spacial score (nSPS) is 18.0. The Kier molecular flexibility index (Phi) is 5.52. The smallest absolute Gasteiger partial charge is 0.273 e. The van der Waals surface area contributed by atoms with Gasteiger partial charge in [0.25, 0.3) is 5.91 Å². The van der Waals surface area contributed by atoms with Gasteiger partial charge in [-0.2, -0.15) is 0 Å². The highest BCUT2D eigenvalue weighted by atomic mass is 32.1. The molecule has 0 saturated carbocycles. The van der Waals surface area contributed by atoms with Crippen molar-refractivity contribution in [2.75, 3.05) is 13.1 Å². The van der Waals surface area contributed by atoms with E-state index >= 15 is 0 Å². The number of amides is 1. The number of aromatic nitrogens is 5. The van der Waals surface area contributed by atoms with Crippen molar-refractivity contribution in [3.63, 3.8) is 0 Å². The quantitative estimate of drug-likeness (QED) is 0.813. The Morgan fingerprint density at radius 2 is 2.38 bits per heavy atom. The minimum Gasteiger partial charge on any atom is -0.346 e. The summed E-state index contributed by atoms with van der Waals surface area (Å²) in [5.74, 6) is 0.625. The molecule has 0 bridgehead atoms. The van der Waals surface area contributed by atoms with E-state index in [4.69, 9.17) is 0 Å². The van der Waals surface area contributed by atoms with Crippen LogP contribution in [-0.4, -0.2) is 43.6 Å². The van der Waals surface area contributed by atoms with Gasteiger partial charge in [-0.25, -0.2) is 0 Å². The molecule has 1 saturated heterocycles. The summed E-state index contributed by atoms with van der Waals surface area (Å²) in [6, 6.07) is 0. The number of rotatable bonds is 6. The summed E-state index contributed by atoms with van der Waals surface area (Å²) in [6.07, 6.45) is 4.09. The minimum atomic E-state index is -0.217. The molecule has 24 heavy (non-hydrogen) atoms. The zero-order valence-electron chi connectivity index (χ0n) is 14.0. The summed E-state index contributed by atoms with van der Waals surface area (Å²) in [4.78, 5) is 13.2. The lowest BCUT2D eigenvalue weighted by molar-refractivity contribution is 0.0946. The Hall–Kier alpha value is -1.87. The van der Waals surface area contributed by atoms with Crippen LogP contribution >= 0.6 is 11.5 Å². The molecule has 0 spiro atoms. The molecule has 2 aromatic rings. The Morgan fingerprint density at radius 3 is 3.12 bits per heavy atom. The molecule has 1 amide bonds. The van der Waals surface area contributed by atoms with E-state index in [1.54, 1.807) is 10.9 Å². The third-order valence-electron chi connectivity index (χ3n) is 4.16. The van der Waals surface area contributed by atoms with Crippen molar-refractivity contribution in [3.8, 4) is 0 Å². The van der Waals surface area contributed by atoms with Gasteiger partial charge in [-0.15, -0.1) is 10.2 Å². The molecule has 3 rings (SSSR count). The molecule has 1 aliphatic heterocycles. The van der Waals surface area contributed by atoms with Crippen molar-refractivity contribution in [2.45, 2.75) is 45.7 Å². The van der Waals surface area contributed by atoms with E-state index in [2.05, 4.69) is 44.4 Å². The number of carbonyl (C=O) groups is 1. The lowest BCUT2D eigenvalue weighted by atomic mass is 10.00. The molecule has 9 heteroatoms. The van der Waals surface area contributed by atoms with Gasteiger partial charge < -0.3 is 10.6 Å². The van der Waals surface area contributed by atoms with Gasteiger partial charge in [0.1, 0.15) is 0 Å². The van der Waals surface area contributed by atoms with Crippen molar-refractivity contribution in [2.24, 2.45) is 5.92 Å². The van der Waals surface area contributed by atoms with E-state index < -0.39 is 0 Å². The molecular weight excluding hydrogens is 326 g/mol. The van der Waals surface area contributed by atoms with Crippen molar-refractivity contribution < 1.29 is 4.79 Å². The van der Waals surface area contributed by atoms with Crippen molar-refractivity contribution in [1.29, 1.82) is 0 Å². The third-order valence-corrected chi connectivity index (χ3v) is 4.89. The summed E-state index contributed by atoms with van der Waals surface area (Å²) >= 11 is 1.32. The molecule has 130 valence electrons. The van der Waals surface area contributed by atoms with Crippen LogP contribution in [-0.2, 0) is 13.1 Å². The van der Waals surface area contributed by atoms with Gasteiger partial charge in [0, 0.05) is 6.54 Å². The van der Waals surface area contributed by atoms with Crippen LogP contribution in [0.3, 0.4) is 0 Å². The second-order valence-corrected chi connectivity index (χ2v) is 7.30. The van der Waals surface area contributed by atoms with E-state index in [1.165, 1.54) is 24.4 Å². The maximum absolute atomic E-state index is 12.3. The highest BCUT2D eigenvalue weighted by Gasteiger charge is 2.17. The molecule has 3 heterocycles. The van der Waals surface area contributed by atoms with E-state index in [0.717, 1.165) is 30.2 Å². The minimum absolute atomic E-state index is 0.217. The Balaban J connectivity index is 1.54. The van der Waals surface area contributed by atoms with Gasteiger partial charge in [-0.3, -0.25) is 9.48 Å².